The van der Waals surface area contributed by atoms with Gasteiger partial charge in [0.2, 0.25) is 0 Å². The van der Waals surface area contributed by atoms with Crippen LogP contribution in [0.25, 0.3) is 0 Å². The molecule has 88 valence electrons. The molecule has 1 heterocycles. The highest BCUT2D eigenvalue weighted by atomic mass is 16.5. The molecule has 16 heavy (non-hydrogen) atoms. The van der Waals surface area contributed by atoms with Gasteiger partial charge in [-0.2, -0.15) is 0 Å². The average molecular weight is 223 g/mol. The summed E-state index contributed by atoms with van der Waals surface area (Å²) in [5.41, 5.74) is 0.853. The molecule has 0 radical (unpaired) electrons. The second-order valence-corrected chi connectivity index (χ2v) is 4.05. The van der Waals surface area contributed by atoms with Crippen molar-refractivity contribution in [3.63, 3.8) is 0 Å². The molecule has 1 atom stereocenters. The highest BCUT2D eigenvalue weighted by molar-refractivity contribution is 5.41. The first-order valence-electron chi connectivity index (χ1n) is 5.41. The summed E-state index contributed by atoms with van der Waals surface area (Å²) in [4.78, 5) is 0. The van der Waals surface area contributed by atoms with Crippen molar-refractivity contribution in [3.8, 4) is 11.5 Å². The van der Waals surface area contributed by atoms with Gasteiger partial charge in [-0.25, -0.2) is 0 Å². The Morgan fingerprint density at radius 3 is 2.81 bits per heavy atom. The van der Waals surface area contributed by atoms with Gasteiger partial charge in [-0.3, -0.25) is 0 Å². The van der Waals surface area contributed by atoms with Gasteiger partial charge in [0.1, 0.15) is 11.5 Å². The molecule has 2 rings (SSSR count). The van der Waals surface area contributed by atoms with Crippen molar-refractivity contribution in [2.45, 2.75) is 19.0 Å². The van der Waals surface area contributed by atoms with Crippen LogP contribution in [-0.2, 0) is 4.74 Å². The van der Waals surface area contributed by atoms with E-state index >= 15 is 0 Å². The van der Waals surface area contributed by atoms with Gasteiger partial charge in [0.05, 0.1) is 26.4 Å². The molecule has 0 aromatic heterocycles. The zero-order valence-electron chi connectivity index (χ0n) is 9.56. The van der Waals surface area contributed by atoms with Gasteiger partial charge in [0.25, 0.3) is 0 Å². The SMILES string of the molecule is COc1ccc(O)c(C(C)NC2COC2)c1. The lowest BCUT2D eigenvalue weighted by molar-refractivity contribution is -0.00935. The van der Waals surface area contributed by atoms with Crippen molar-refractivity contribution in [2.75, 3.05) is 20.3 Å². The number of rotatable bonds is 4. The molecular weight excluding hydrogens is 206 g/mol. The second-order valence-electron chi connectivity index (χ2n) is 4.05. The normalized spacial score (nSPS) is 17.9. The number of phenolic OH excluding ortho intramolecular Hbond substituents is 1. The fourth-order valence-corrected chi connectivity index (χ4v) is 1.78. The summed E-state index contributed by atoms with van der Waals surface area (Å²) < 4.78 is 10.2. The van der Waals surface area contributed by atoms with Crippen molar-refractivity contribution in [1.82, 2.24) is 5.32 Å². The van der Waals surface area contributed by atoms with Crippen LogP contribution in [0.1, 0.15) is 18.5 Å². The summed E-state index contributed by atoms with van der Waals surface area (Å²) in [6, 6.07) is 5.73. The van der Waals surface area contributed by atoms with E-state index in [0.29, 0.717) is 11.8 Å². The summed E-state index contributed by atoms with van der Waals surface area (Å²) in [5, 5.41) is 13.2. The minimum Gasteiger partial charge on any atom is -0.508 e. The average Bonchev–Trinajstić information content (AvgIpc) is 2.24. The van der Waals surface area contributed by atoms with Gasteiger partial charge < -0.3 is 19.9 Å². The fourth-order valence-electron chi connectivity index (χ4n) is 1.78. The Bertz CT molecular complexity index is 363. The zero-order chi connectivity index (χ0) is 11.5. The van der Waals surface area contributed by atoms with E-state index in [1.165, 1.54) is 0 Å². The molecule has 0 spiro atoms. The van der Waals surface area contributed by atoms with Crippen LogP contribution in [0.15, 0.2) is 18.2 Å². The number of phenols is 1. The first-order chi connectivity index (χ1) is 7.70. The molecule has 1 fully saturated rings. The van der Waals surface area contributed by atoms with Gasteiger partial charge in [-0.05, 0) is 25.1 Å². The van der Waals surface area contributed by atoms with E-state index in [1.807, 2.05) is 13.0 Å². The summed E-state index contributed by atoms with van der Waals surface area (Å²) in [7, 11) is 1.62. The molecule has 0 aliphatic carbocycles. The van der Waals surface area contributed by atoms with Gasteiger partial charge in [-0.1, -0.05) is 0 Å². The van der Waals surface area contributed by atoms with Crippen molar-refractivity contribution in [1.29, 1.82) is 0 Å². The zero-order valence-corrected chi connectivity index (χ0v) is 9.56. The van der Waals surface area contributed by atoms with Crippen LogP contribution in [0.3, 0.4) is 0 Å². The summed E-state index contributed by atoms with van der Waals surface area (Å²) in [5.74, 6) is 1.05. The highest BCUT2D eigenvalue weighted by Crippen LogP contribution is 2.28. The number of aromatic hydroxyl groups is 1. The monoisotopic (exact) mass is 223 g/mol. The quantitative estimate of drug-likeness (QED) is 0.811. The van der Waals surface area contributed by atoms with Crippen molar-refractivity contribution < 1.29 is 14.6 Å². The fraction of sp³-hybridized carbons (Fsp3) is 0.500. The lowest BCUT2D eigenvalue weighted by Gasteiger charge is -2.30. The number of hydrogen-bond donors (Lipinski definition) is 2. The van der Waals surface area contributed by atoms with E-state index in [0.717, 1.165) is 24.5 Å². The Labute approximate surface area is 95.2 Å². The van der Waals surface area contributed by atoms with Crippen LogP contribution < -0.4 is 10.1 Å². The molecule has 0 amide bonds. The number of nitrogens with one attached hydrogen (secondary N) is 1. The standard InChI is InChI=1S/C12H17NO3/c1-8(13-9-6-16-7-9)11-5-10(15-2)3-4-12(11)14/h3-5,8-9,13-14H,6-7H2,1-2H3. The molecule has 4 nitrogen and oxygen atoms in total. The number of methoxy groups -OCH3 is 1. The molecule has 1 aromatic carbocycles. The Kier molecular flexibility index (Phi) is 3.31. The first-order valence-corrected chi connectivity index (χ1v) is 5.41. The van der Waals surface area contributed by atoms with E-state index in [2.05, 4.69) is 5.32 Å². The minimum absolute atomic E-state index is 0.0870. The van der Waals surface area contributed by atoms with E-state index < -0.39 is 0 Å². The summed E-state index contributed by atoms with van der Waals surface area (Å²) in [6.45, 7) is 3.51. The highest BCUT2D eigenvalue weighted by Gasteiger charge is 2.22. The van der Waals surface area contributed by atoms with Crippen LogP contribution in [0.4, 0.5) is 0 Å². The maximum absolute atomic E-state index is 9.78. The smallest absolute Gasteiger partial charge is 0.120 e. The van der Waals surface area contributed by atoms with E-state index in [1.54, 1.807) is 19.2 Å². The van der Waals surface area contributed by atoms with Gasteiger partial charge in [0, 0.05) is 11.6 Å². The second kappa shape index (κ2) is 4.72. The Morgan fingerprint density at radius 2 is 2.25 bits per heavy atom. The maximum Gasteiger partial charge on any atom is 0.120 e. The largest absolute Gasteiger partial charge is 0.508 e. The molecule has 1 unspecified atom stereocenters. The van der Waals surface area contributed by atoms with Crippen LogP contribution in [-0.4, -0.2) is 31.5 Å². The predicted molar refractivity (Wildman–Crippen MR) is 60.8 cm³/mol. The lowest BCUT2D eigenvalue weighted by Crippen LogP contribution is -2.46. The Morgan fingerprint density at radius 1 is 1.50 bits per heavy atom. The van der Waals surface area contributed by atoms with Gasteiger partial charge in [-0.15, -0.1) is 0 Å². The van der Waals surface area contributed by atoms with Crippen LogP contribution in [0.2, 0.25) is 0 Å². The van der Waals surface area contributed by atoms with Crippen LogP contribution in [0.5, 0.6) is 11.5 Å². The van der Waals surface area contributed by atoms with E-state index in [9.17, 15) is 5.11 Å². The summed E-state index contributed by atoms with van der Waals surface area (Å²) >= 11 is 0. The lowest BCUT2D eigenvalue weighted by atomic mass is 10.1. The van der Waals surface area contributed by atoms with Gasteiger partial charge in [0.15, 0.2) is 0 Å². The molecule has 1 saturated heterocycles. The van der Waals surface area contributed by atoms with Crippen molar-refractivity contribution in [2.24, 2.45) is 0 Å². The molecule has 0 saturated carbocycles. The third-order valence-corrected chi connectivity index (χ3v) is 2.82. The van der Waals surface area contributed by atoms with E-state index in [-0.39, 0.29) is 6.04 Å². The molecule has 1 aliphatic heterocycles. The van der Waals surface area contributed by atoms with Crippen LogP contribution >= 0.6 is 0 Å². The Hall–Kier alpha value is -1.26. The van der Waals surface area contributed by atoms with Crippen molar-refractivity contribution >= 4 is 0 Å². The first kappa shape index (κ1) is 11.2. The predicted octanol–water partition coefficient (Wildman–Crippen LogP) is 1.45. The third-order valence-electron chi connectivity index (χ3n) is 2.82. The topological polar surface area (TPSA) is 50.7 Å². The maximum atomic E-state index is 9.78. The Balaban J connectivity index is 2.10. The molecule has 4 heteroatoms. The van der Waals surface area contributed by atoms with Crippen LogP contribution in [0, 0.1) is 0 Å². The minimum atomic E-state index is 0.0870. The molecular formula is C12H17NO3. The molecule has 2 N–H and O–H groups in total. The van der Waals surface area contributed by atoms with Gasteiger partial charge >= 0.3 is 0 Å². The number of benzene rings is 1. The third kappa shape index (κ3) is 2.28. The summed E-state index contributed by atoms with van der Waals surface area (Å²) in [6.07, 6.45) is 0. The molecule has 0 bridgehead atoms. The molecule has 1 aromatic rings. The van der Waals surface area contributed by atoms with E-state index in [4.69, 9.17) is 9.47 Å². The number of ether oxygens (including phenoxy) is 2. The number of hydrogen-bond acceptors (Lipinski definition) is 4. The molecule has 1 aliphatic rings. The van der Waals surface area contributed by atoms with Crippen molar-refractivity contribution in [3.05, 3.63) is 23.8 Å².